The molecule has 0 fully saturated rings. The van der Waals surface area contributed by atoms with Crippen molar-refractivity contribution in [2.45, 2.75) is 6.54 Å². The van der Waals surface area contributed by atoms with Gasteiger partial charge in [0, 0.05) is 6.54 Å². The second-order valence-electron chi connectivity index (χ2n) is 3.61. The van der Waals surface area contributed by atoms with Gasteiger partial charge in [-0.15, -0.1) is 0 Å². The molecule has 90 valence electrons. The van der Waals surface area contributed by atoms with Gasteiger partial charge in [0.25, 0.3) is 0 Å². The molecule has 0 atom stereocenters. The number of methoxy groups -OCH3 is 1. The Balaban J connectivity index is 2.88. The third-order valence-electron chi connectivity index (χ3n) is 2.38. The molecule has 0 bridgehead atoms. The van der Waals surface area contributed by atoms with E-state index in [1.54, 1.807) is 23.1 Å². The molecule has 0 aliphatic rings. The summed E-state index contributed by atoms with van der Waals surface area (Å²) in [5, 5.41) is 26.2. The van der Waals surface area contributed by atoms with Crippen LogP contribution in [-0.4, -0.2) is 25.1 Å². The Bertz CT molecular complexity index is 517. The van der Waals surface area contributed by atoms with E-state index in [4.69, 9.17) is 20.5 Å². The van der Waals surface area contributed by atoms with E-state index in [0.717, 1.165) is 5.56 Å². The van der Waals surface area contributed by atoms with E-state index in [1.807, 2.05) is 18.2 Å². The first-order valence-electron chi connectivity index (χ1n) is 5.28. The van der Waals surface area contributed by atoms with Crippen molar-refractivity contribution in [3.8, 4) is 24.0 Å². The molecule has 1 aromatic rings. The number of hydrogen-bond acceptors (Lipinski definition) is 5. The molecule has 1 rings (SSSR count). The molecular weight excluding hydrogens is 228 g/mol. The van der Waals surface area contributed by atoms with Crippen LogP contribution in [-0.2, 0) is 6.54 Å². The number of nitriles is 3. The summed E-state index contributed by atoms with van der Waals surface area (Å²) in [5.41, 5.74) is 1.37. The predicted octanol–water partition coefficient (Wildman–Crippen LogP) is 1.42. The van der Waals surface area contributed by atoms with Crippen LogP contribution in [0.4, 0.5) is 0 Å². The molecule has 0 N–H and O–H groups in total. The third-order valence-corrected chi connectivity index (χ3v) is 2.38. The van der Waals surface area contributed by atoms with Crippen molar-refractivity contribution < 1.29 is 4.74 Å². The van der Waals surface area contributed by atoms with Crippen LogP contribution in [0.15, 0.2) is 18.2 Å². The summed E-state index contributed by atoms with van der Waals surface area (Å²) < 4.78 is 5.11. The first kappa shape index (κ1) is 13.5. The Labute approximate surface area is 106 Å². The molecule has 0 saturated heterocycles. The number of benzene rings is 1. The van der Waals surface area contributed by atoms with Gasteiger partial charge in [0.15, 0.2) is 0 Å². The molecular formula is C13H12N4O. The van der Waals surface area contributed by atoms with E-state index in [9.17, 15) is 0 Å². The summed E-state index contributed by atoms with van der Waals surface area (Å²) in [7, 11) is 1.50. The Hall–Kier alpha value is -2.55. The highest BCUT2D eigenvalue weighted by Crippen LogP contribution is 2.20. The Morgan fingerprint density at radius 1 is 1.17 bits per heavy atom. The van der Waals surface area contributed by atoms with Gasteiger partial charge in [-0.25, -0.2) is 0 Å². The summed E-state index contributed by atoms with van der Waals surface area (Å²) in [6, 6.07) is 11.3. The zero-order valence-electron chi connectivity index (χ0n) is 10.1. The summed E-state index contributed by atoms with van der Waals surface area (Å²) in [6.45, 7) is 0.856. The van der Waals surface area contributed by atoms with Gasteiger partial charge >= 0.3 is 0 Å². The normalized spacial score (nSPS) is 9.28. The molecule has 0 saturated carbocycles. The quantitative estimate of drug-likeness (QED) is 0.726. The van der Waals surface area contributed by atoms with Gasteiger partial charge < -0.3 is 4.74 Å². The lowest BCUT2D eigenvalue weighted by Gasteiger charge is -2.15. The Kier molecular flexibility index (Phi) is 5.19. The van der Waals surface area contributed by atoms with Crippen LogP contribution < -0.4 is 4.74 Å². The molecule has 0 spiro atoms. The number of hydrogen-bond donors (Lipinski definition) is 0. The topological polar surface area (TPSA) is 83.8 Å². The molecule has 5 heteroatoms. The minimum absolute atomic E-state index is 0.190. The van der Waals surface area contributed by atoms with E-state index < -0.39 is 0 Å². The van der Waals surface area contributed by atoms with Crippen molar-refractivity contribution in [1.29, 1.82) is 15.8 Å². The molecule has 5 nitrogen and oxygen atoms in total. The summed E-state index contributed by atoms with van der Waals surface area (Å²) in [6.07, 6.45) is 0. The lowest BCUT2D eigenvalue weighted by Crippen LogP contribution is -2.23. The average Bonchev–Trinajstić information content (AvgIpc) is 2.39. The largest absolute Gasteiger partial charge is 0.495 e. The van der Waals surface area contributed by atoms with Crippen LogP contribution >= 0.6 is 0 Å². The molecule has 0 unspecified atom stereocenters. The monoisotopic (exact) mass is 240 g/mol. The molecule has 0 aliphatic carbocycles. The second-order valence-corrected chi connectivity index (χ2v) is 3.61. The van der Waals surface area contributed by atoms with Crippen molar-refractivity contribution >= 4 is 0 Å². The van der Waals surface area contributed by atoms with E-state index in [2.05, 4.69) is 0 Å². The number of nitrogens with zero attached hydrogens (tertiary/aromatic N) is 4. The standard InChI is InChI=1S/C13H12N4O/c1-18-13-8-11(2-3-12(13)9-16)10-17(6-4-14)7-5-15/h2-3,8H,6-7,10H2,1H3. The van der Waals surface area contributed by atoms with E-state index >= 15 is 0 Å². The van der Waals surface area contributed by atoms with Gasteiger partial charge in [-0.3, -0.25) is 4.90 Å². The van der Waals surface area contributed by atoms with Crippen molar-refractivity contribution in [2.24, 2.45) is 0 Å². The zero-order valence-corrected chi connectivity index (χ0v) is 10.1. The Morgan fingerprint density at radius 3 is 2.33 bits per heavy atom. The molecule has 18 heavy (non-hydrogen) atoms. The van der Waals surface area contributed by atoms with Crippen LogP contribution in [0.25, 0.3) is 0 Å². The number of ether oxygens (including phenoxy) is 1. The smallest absolute Gasteiger partial charge is 0.136 e. The van der Waals surface area contributed by atoms with Crippen molar-refractivity contribution in [3.63, 3.8) is 0 Å². The van der Waals surface area contributed by atoms with Crippen molar-refractivity contribution in [1.82, 2.24) is 4.90 Å². The molecule has 0 aliphatic heterocycles. The molecule has 0 amide bonds. The second kappa shape index (κ2) is 6.91. The fourth-order valence-electron chi connectivity index (χ4n) is 1.55. The fourth-order valence-corrected chi connectivity index (χ4v) is 1.55. The highest BCUT2D eigenvalue weighted by atomic mass is 16.5. The van der Waals surface area contributed by atoms with Gasteiger partial charge in [0.05, 0.1) is 37.9 Å². The van der Waals surface area contributed by atoms with Crippen LogP contribution in [0, 0.1) is 34.0 Å². The zero-order chi connectivity index (χ0) is 13.4. The highest BCUT2D eigenvalue weighted by molar-refractivity contribution is 5.45. The minimum atomic E-state index is 0.190. The van der Waals surface area contributed by atoms with Crippen LogP contribution in [0.1, 0.15) is 11.1 Å². The van der Waals surface area contributed by atoms with Crippen molar-refractivity contribution in [2.75, 3.05) is 20.2 Å². The maximum absolute atomic E-state index is 8.86. The lowest BCUT2D eigenvalue weighted by molar-refractivity contribution is 0.333. The lowest BCUT2D eigenvalue weighted by atomic mass is 10.1. The predicted molar refractivity (Wildman–Crippen MR) is 64.2 cm³/mol. The Morgan fingerprint density at radius 2 is 1.83 bits per heavy atom. The summed E-state index contributed by atoms with van der Waals surface area (Å²) in [5.74, 6) is 0.504. The van der Waals surface area contributed by atoms with Gasteiger partial charge in [0.2, 0.25) is 0 Å². The van der Waals surface area contributed by atoms with Crippen molar-refractivity contribution in [3.05, 3.63) is 29.3 Å². The van der Waals surface area contributed by atoms with Crippen LogP contribution in [0.3, 0.4) is 0 Å². The van der Waals surface area contributed by atoms with Gasteiger partial charge in [-0.05, 0) is 17.7 Å². The number of rotatable bonds is 5. The maximum Gasteiger partial charge on any atom is 0.136 e. The SMILES string of the molecule is COc1cc(CN(CC#N)CC#N)ccc1C#N. The molecule has 1 aromatic carbocycles. The van der Waals surface area contributed by atoms with Crippen LogP contribution in [0.2, 0.25) is 0 Å². The van der Waals surface area contributed by atoms with E-state index in [-0.39, 0.29) is 13.1 Å². The first-order valence-corrected chi connectivity index (χ1v) is 5.28. The van der Waals surface area contributed by atoms with E-state index in [1.165, 1.54) is 7.11 Å². The maximum atomic E-state index is 8.86. The van der Waals surface area contributed by atoms with Gasteiger partial charge in [-0.2, -0.15) is 15.8 Å². The highest BCUT2D eigenvalue weighted by Gasteiger charge is 2.08. The molecule has 0 radical (unpaired) electrons. The first-order chi connectivity index (χ1) is 8.74. The third kappa shape index (κ3) is 3.49. The van der Waals surface area contributed by atoms with Gasteiger partial charge in [0.1, 0.15) is 11.8 Å². The summed E-state index contributed by atoms with van der Waals surface area (Å²) in [4.78, 5) is 1.71. The average molecular weight is 240 g/mol. The fraction of sp³-hybridized carbons (Fsp3) is 0.308. The summed E-state index contributed by atoms with van der Waals surface area (Å²) >= 11 is 0. The minimum Gasteiger partial charge on any atom is -0.495 e. The molecule has 0 aromatic heterocycles. The van der Waals surface area contributed by atoms with Gasteiger partial charge in [-0.1, -0.05) is 6.07 Å². The van der Waals surface area contributed by atoms with Crippen LogP contribution in [0.5, 0.6) is 5.75 Å². The molecule has 0 heterocycles. The van der Waals surface area contributed by atoms with E-state index in [0.29, 0.717) is 17.9 Å².